The van der Waals surface area contributed by atoms with Gasteiger partial charge in [-0.2, -0.15) is 0 Å². The Balaban J connectivity index is 2.20. The molecular weight excluding hydrogens is 276 g/mol. The van der Waals surface area contributed by atoms with Crippen LogP contribution in [0.25, 0.3) is 0 Å². The zero-order valence-corrected chi connectivity index (χ0v) is 12.4. The van der Waals surface area contributed by atoms with Crippen molar-refractivity contribution in [3.63, 3.8) is 0 Å². The lowest BCUT2D eigenvalue weighted by atomic mass is 10.1. The summed E-state index contributed by atoms with van der Waals surface area (Å²) in [5, 5.41) is 15.6. The molecule has 0 saturated carbocycles. The first-order valence-electron chi connectivity index (χ1n) is 7.20. The Hall–Kier alpha value is -1.67. The standard InChI is InChI=1S/C13H22N4O4/c1-9(14)3-8-21-13-12(17(18)19)10(2)16(15-13)11-4-6-20-7-5-11/h9,11H,3-8,14H2,1-2H3. The van der Waals surface area contributed by atoms with Gasteiger partial charge in [0.2, 0.25) is 0 Å². The molecule has 21 heavy (non-hydrogen) atoms. The minimum atomic E-state index is -0.431. The van der Waals surface area contributed by atoms with Gasteiger partial charge in [0.15, 0.2) is 0 Å². The minimum Gasteiger partial charge on any atom is -0.472 e. The number of nitro groups is 1. The van der Waals surface area contributed by atoms with E-state index in [1.165, 1.54) is 0 Å². The number of hydrogen-bond donors (Lipinski definition) is 1. The molecule has 0 aromatic carbocycles. The van der Waals surface area contributed by atoms with E-state index >= 15 is 0 Å². The summed E-state index contributed by atoms with van der Waals surface area (Å²) in [5.41, 5.74) is 6.13. The van der Waals surface area contributed by atoms with E-state index in [-0.39, 0.29) is 23.7 Å². The smallest absolute Gasteiger partial charge is 0.352 e. The van der Waals surface area contributed by atoms with E-state index in [9.17, 15) is 10.1 Å². The summed E-state index contributed by atoms with van der Waals surface area (Å²) in [6, 6.07) is 0.117. The molecule has 0 amide bonds. The van der Waals surface area contributed by atoms with Crippen LogP contribution in [-0.2, 0) is 4.74 Å². The van der Waals surface area contributed by atoms with Crippen LogP contribution >= 0.6 is 0 Å². The van der Waals surface area contributed by atoms with Crippen molar-refractivity contribution < 1.29 is 14.4 Å². The van der Waals surface area contributed by atoms with Gasteiger partial charge in [-0.15, -0.1) is 5.10 Å². The highest BCUT2D eigenvalue weighted by Crippen LogP contribution is 2.34. The van der Waals surface area contributed by atoms with Gasteiger partial charge in [-0.1, -0.05) is 0 Å². The SMILES string of the molecule is Cc1c([N+](=O)[O-])c(OCCC(C)N)nn1C1CCOCC1. The molecular formula is C13H22N4O4. The molecule has 8 nitrogen and oxygen atoms in total. The largest absolute Gasteiger partial charge is 0.472 e. The van der Waals surface area contributed by atoms with Crippen molar-refractivity contribution in [3.05, 3.63) is 15.8 Å². The summed E-state index contributed by atoms with van der Waals surface area (Å²) < 4.78 is 12.5. The van der Waals surface area contributed by atoms with Crippen molar-refractivity contribution in [3.8, 4) is 5.88 Å². The van der Waals surface area contributed by atoms with Gasteiger partial charge in [0.1, 0.15) is 5.69 Å². The summed E-state index contributed by atoms with van der Waals surface area (Å²) in [4.78, 5) is 10.8. The number of ether oxygens (including phenoxy) is 2. The van der Waals surface area contributed by atoms with Gasteiger partial charge in [0.25, 0.3) is 0 Å². The van der Waals surface area contributed by atoms with Crippen LogP contribution in [0.1, 0.15) is 37.9 Å². The lowest BCUT2D eigenvalue weighted by Crippen LogP contribution is -2.21. The van der Waals surface area contributed by atoms with E-state index in [1.54, 1.807) is 11.6 Å². The molecule has 1 atom stereocenters. The average molecular weight is 298 g/mol. The highest BCUT2D eigenvalue weighted by Gasteiger charge is 2.30. The molecule has 0 aliphatic carbocycles. The zero-order chi connectivity index (χ0) is 15.4. The van der Waals surface area contributed by atoms with Gasteiger partial charge in [-0.25, -0.2) is 0 Å². The van der Waals surface area contributed by atoms with E-state index in [2.05, 4.69) is 5.10 Å². The van der Waals surface area contributed by atoms with Crippen LogP contribution in [0.15, 0.2) is 0 Å². The van der Waals surface area contributed by atoms with E-state index in [4.69, 9.17) is 15.2 Å². The van der Waals surface area contributed by atoms with Crippen LogP contribution in [0.4, 0.5) is 5.69 Å². The van der Waals surface area contributed by atoms with Crippen LogP contribution in [0.3, 0.4) is 0 Å². The van der Waals surface area contributed by atoms with Gasteiger partial charge in [-0.05, 0) is 33.1 Å². The molecule has 0 radical (unpaired) electrons. The second-order valence-electron chi connectivity index (χ2n) is 5.40. The fourth-order valence-electron chi connectivity index (χ4n) is 2.42. The van der Waals surface area contributed by atoms with Gasteiger partial charge >= 0.3 is 11.6 Å². The van der Waals surface area contributed by atoms with Crippen molar-refractivity contribution in [1.82, 2.24) is 9.78 Å². The van der Waals surface area contributed by atoms with E-state index in [0.717, 1.165) is 12.8 Å². The average Bonchev–Trinajstić information content (AvgIpc) is 2.76. The van der Waals surface area contributed by atoms with Gasteiger partial charge < -0.3 is 15.2 Å². The van der Waals surface area contributed by atoms with Crippen LogP contribution in [-0.4, -0.2) is 40.6 Å². The van der Waals surface area contributed by atoms with Crippen molar-refractivity contribution in [1.29, 1.82) is 0 Å². The van der Waals surface area contributed by atoms with Crippen LogP contribution in [0, 0.1) is 17.0 Å². The predicted molar refractivity (Wildman–Crippen MR) is 76.5 cm³/mol. The molecule has 1 fully saturated rings. The van der Waals surface area contributed by atoms with Crippen molar-refractivity contribution in [2.75, 3.05) is 19.8 Å². The molecule has 1 aliphatic rings. The lowest BCUT2D eigenvalue weighted by molar-refractivity contribution is -0.386. The van der Waals surface area contributed by atoms with E-state index in [1.807, 2.05) is 6.92 Å². The molecule has 1 unspecified atom stereocenters. The topological polar surface area (TPSA) is 105 Å². The summed E-state index contributed by atoms with van der Waals surface area (Å²) in [5.74, 6) is 0.0876. The molecule has 1 aromatic heterocycles. The van der Waals surface area contributed by atoms with Crippen molar-refractivity contribution >= 4 is 5.69 Å². The number of nitrogens with two attached hydrogens (primary N) is 1. The number of rotatable bonds is 6. The first-order valence-corrected chi connectivity index (χ1v) is 7.20. The normalized spacial score (nSPS) is 17.7. The third kappa shape index (κ3) is 3.70. The Morgan fingerprint density at radius 2 is 2.24 bits per heavy atom. The second kappa shape index (κ2) is 6.86. The molecule has 2 N–H and O–H groups in total. The Kier molecular flexibility index (Phi) is 5.13. The van der Waals surface area contributed by atoms with Crippen molar-refractivity contribution in [2.24, 2.45) is 5.73 Å². The number of hydrogen-bond acceptors (Lipinski definition) is 6. The molecule has 1 saturated heterocycles. The summed E-state index contributed by atoms with van der Waals surface area (Å²) in [7, 11) is 0. The molecule has 118 valence electrons. The second-order valence-corrected chi connectivity index (χ2v) is 5.40. The maximum Gasteiger partial charge on any atom is 0.352 e. The third-order valence-corrected chi connectivity index (χ3v) is 3.62. The van der Waals surface area contributed by atoms with Crippen LogP contribution < -0.4 is 10.5 Å². The van der Waals surface area contributed by atoms with Crippen LogP contribution in [0.2, 0.25) is 0 Å². The molecule has 2 heterocycles. The predicted octanol–water partition coefficient (Wildman–Crippen LogP) is 1.57. The summed E-state index contributed by atoms with van der Waals surface area (Å²) in [6.45, 7) is 5.20. The molecule has 1 aromatic rings. The molecule has 0 bridgehead atoms. The fourth-order valence-corrected chi connectivity index (χ4v) is 2.42. The lowest BCUT2D eigenvalue weighted by Gasteiger charge is -2.22. The van der Waals surface area contributed by atoms with E-state index in [0.29, 0.717) is 31.9 Å². The Labute approximate surface area is 123 Å². The molecule has 1 aliphatic heterocycles. The van der Waals surface area contributed by atoms with Crippen molar-refractivity contribution in [2.45, 2.75) is 45.2 Å². The number of aromatic nitrogens is 2. The Bertz CT molecular complexity index is 495. The zero-order valence-electron chi connectivity index (χ0n) is 12.4. The Morgan fingerprint density at radius 3 is 2.81 bits per heavy atom. The first kappa shape index (κ1) is 15.7. The monoisotopic (exact) mass is 298 g/mol. The maximum atomic E-state index is 11.3. The summed E-state index contributed by atoms with van der Waals surface area (Å²) >= 11 is 0. The highest BCUT2D eigenvalue weighted by molar-refractivity contribution is 5.45. The van der Waals surface area contributed by atoms with Crippen LogP contribution in [0.5, 0.6) is 5.88 Å². The maximum absolute atomic E-state index is 11.3. The van der Waals surface area contributed by atoms with Gasteiger partial charge in [0, 0.05) is 19.3 Å². The van der Waals surface area contributed by atoms with Gasteiger partial charge in [0.05, 0.1) is 17.6 Å². The first-order chi connectivity index (χ1) is 10.0. The Morgan fingerprint density at radius 1 is 1.57 bits per heavy atom. The highest BCUT2D eigenvalue weighted by atomic mass is 16.6. The quantitative estimate of drug-likeness (QED) is 0.631. The molecule has 8 heteroatoms. The van der Waals surface area contributed by atoms with E-state index < -0.39 is 4.92 Å². The minimum absolute atomic E-state index is 0.0114. The third-order valence-electron chi connectivity index (χ3n) is 3.62. The van der Waals surface area contributed by atoms with Gasteiger partial charge in [-0.3, -0.25) is 14.8 Å². The fraction of sp³-hybridized carbons (Fsp3) is 0.769. The number of nitrogens with zero attached hydrogens (tertiary/aromatic N) is 3. The molecule has 2 rings (SSSR count). The summed E-state index contributed by atoms with van der Waals surface area (Å²) in [6.07, 6.45) is 2.23. The molecule has 0 spiro atoms.